The molecule has 0 spiro atoms. The lowest BCUT2D eigenvalue weighted by molar-refractivity contribution is 0.608. The normalized spacial score (nSPS) is 12.2. The van der Waals surface area contributed by atoms with E-state index in [9.17, 15) is 4.39 Å². The van der Waals surface area contributed by atoms with Crippen molar-refractivity contribution in [1.29, 1.82) is 0 Å². The molecular weight excluding hydrogens is 275 g/mol. The van der Waals surface area contributed by atoms with E-state index in [1.807, 2.05) is 43.1 Å². The van der Waals surface area contributed by atoms with Gasteiger partial charge in [-0.1, -0.05) is 35.9 Å². The second-order valence-corrected chi connectivity index (χ2v) is 5.35. The van der Waals surface area contributed by atoms with E-state index in [0.29, 0.717) is 17.1 Å². The first-order valence-corrected chi connectivity index (χ1v) is 6.86. The van der Waals surface area contributed by atoms with Crippen LogP contribution in [0.25, 0.3) is 0 Å². The Kier molecular flexibility index (Phi) is 4.63. The maximum atomic E-state index is 13.7. The maximum Gasteiger partial charge on any atom is 0.128 e. The number of nitrogens with zero attached hydrogens (tertiary/aromatic N) is 1. The predicted molar refractivity (Wildman–Crippen MR) is 82.6 cm³/mol. The fourth-order valence-corrected chi connectivity index (χ4v) is 2.42. The van der Waals surface area contributed by atoms with Crippen molar-refractivity contribution in [2.24, 2.45) is 5.73 Å². The van der Waals surface area contributed by atoms with E-state index < -0.39 is 0 Å². The molecule has 1 atom stereocenters. The summed E-state index contributed by atoms with van der Waals surface area (Å²) in [5.74, 6) is -0.206. The largest absolute Gasteiger partial charge is 0.369 e. The molecular formula is C16H18ClFN2. The van der Waals surface area contributed by atoms with E-state index in [1.54, 1.807) is 12.1 Å². The molecule has 0 fully saturated rings. The van der Waals surface area contributed by atoms with Crippen LogP contribution in [0.4, 0.5) is 10.1 Å². The Morgan fingerprint density at radius 1 is 1.25 bits per heavy atom. The van der Waals surface area contributed by atoms with E-state index in [0.717, 1.165) is 11.3 Å². The lowest BCUT2D eigenvalue weighted by Gasteiger charge is -2.22. The molecule has 2 N–H and O–H groups in total. The molecule has 106 valence electrons. The molecule has 2 aromatic rings. The van der Waals surface area contributed by atoms with Gasteiger partial charge in [0, 0.05) is 25.2 Å². The summed E-state index contributed by atoms with van der Waals surface area (Å²) in [5.41, 5.74) is 8.32. The van der Waals surface area contributed by atoms with Crippen molar-refractivity contribution in [3.63, 3.8) is 0 Å². The van der Waals surface area contributed by atoms with Crippen LogP contribution in [0, 0.1) is 5.82 Å². The van der Waals surface area contributed by atoms with Crippen LogP contribution in [-0.4, -0.2) is 7.05 Å². The first kappa shape index (κ1) is 14.8. The molecule has 0 amide bonds. The van der Waals surface area contributed by atoms with Crippen LogP contribution < -0.4 is 10.6 Å². The Labute approximate surface area is 124 Å². The molecule has 0 radical (unpaired) electrons. The van der Waals surface area contributed by atoms with Gasteiger partial charge in [0.1, 0.15) is 5.82 Å². The summed E-state index contributed by atoms with van der Waals surface area (Å²) >= 11 is 6.28. The molecule has 2 nitrogen and oxygen atoms in total. The Bertz CT molecular complexity index is 599. The van der Waals surface area contributed by atoms with Crippen molar-refractivity contribution in [3.8, 4) is 0 Å². The van der Waals surface area contributed by atoms with Gasteiger partial charge in [0.15, 0.2) is 0 Å². The molecule has 0 bridgehead atoms. The minimum absolute atomic E-state index is 0.0570. The third-order valence-corrected chi connectivity index (χ3v) is 3.58. The monoisotopic (exact) mass is 292 g/mol. The zero-order valence-electron chi connectivity index (χ0n) is 11.6. The van der Waals surface area contributed by atoms with Crippen molar-refractivity contribution in [2.45, 2.75) is 19.5 Å². The fraction of sp³-hybridized carbons (Fsp3) is 0.250. The topological polar surface area (TPSA) is 29.3 Å². The summed E-state index contributed by atoms with van der Waals surface area (Å²) < 4.78 is 13.7. The van der Waals surface area contributed by atoms with Crippen molar-refractivity contribution in [2.75, 3.05) is 11.9 Å². The summed E-state index contributed by atoms with van der Waals surface area (Å²) in [6, 6.07) is 12.4. The molecule has 0 unspecified atom stereocenters. The predicted octanol–water partition coefficient (Wildman–Crippen LogP) is 4.14. The van der Waals surface area contributed by atoms with E-state index in [1.165, 1.54) is 6.07 Å². The van der Waals surface area contributed by atoms with E-state index in [2.05, 4.69) is 0 Å². The van der Waals surface area contributed by atoms with Gasteiger partial charge in [0.2, 0.25) is 0 Å². The van der Waals surface area contributed by atoms with Crippen molar-refractivity contribution in [1.82, 2.24) is 0 Å². The summed E-state index contributed by atoms with van der Waals surface area (Å²) in [5, 5.41) is 0.624. The van der Waals surface area contributed by atoms with Crippen molar-refractivity contribution < 1.29 is 4.39 Å². The minimum atomic E-state index is -0.206. The number of hydrogen-bond acceptors (Lipinski definition) is 2. The number of benzene rings is 2. The molecule has 0 aliphatic rings. The van der Waals surface area contributed by atoms with Gasteiger partial charge in [0.25, 0.3) is 0 Å². The average molecular weight is 293 g/mol. The number of nitrogens with two attached hydrogens (primary N) is 1. The van der Waals surface area contributed by atoms with Gasteiger partial charge < -0.3 is 10.6 Å². The number of rotatable bonds is 4. The van der Waals surface area contributed by atoms with Gasteiger partial charge in [-0.05, 0) is 30.7 Å². The highest BCUT2D eigenvalue weighted by molar-refractivity contribution is 6.33. The van der Waals surface area contributed by atoms with Gasteiger partial charge in [-0.2, -0.15) is 0 Å². The van der Waals surface area contributed by atoms with Crippen LogP contribution >= 0.6 is 11.6 Å². The van der Waals surface area contributed by atoms with Gasteiger partial charge in [-0.3, -0.25) is 0 Å². The Hall–Kier alpha value is -1.58. The average Bonchev–Trinajstić information content (AvgIpc) is 2.41. The summed E-state index contributed by atoms with van der Waals surface area (Å²) in [7, 11) is 1.89. The third kappa shape index (κ3) is 3.30. The molecule has 4 heteroatoms. The van der Waals surface area contributed by atoms with Crippen LogP contribution in [0.5, 0.6) is 0 Å². The molecule has 0 aliphatic carbocycles. The summed E-state index contributed by atoms with van der Waals surface area (Å²) in [4.78, 5) is 1.92. The van der Waals surface area contributed by atoms with Crippen LogP contribution in [0.1, 0.15) is 24.1 Å². The highest BCUT2D eigenvalue weighted by atomic mass is 35.5. The maximum absolute atomic E-state index is 13.7. The highest BCUT2D eigenvalue weighted by Gasteiger charge is 2.11. The van der Waals surface area contributed by atoms with Crippen LogP contribution in [0.2, 0.25) is 5.02 Å². The van der Waals surface area contributed by atoms with Crippen LogP contribution in [0.15, 0.2) is 42.5 Å². The Balaban J connectivity index is 2.21. The Morgan fingerprint density at radius 3 is 2.55 bits per heavy atom. The number of anilines is 1. The van der Waals surface area contributed by atoms with E-state index in [-0.39, 0.29) is 11.9 Å². The van der Waals surface area contributed by atoms with Crippen molar-refractivity contribution >= 4 is 17.3 Å². The quantitative estimate of drug-likeness (QED) is 0.918. The van der Waals surface area contributed by atoms with Crippen LogP contribution in [0.3, 0.4) is 0 Å². The second kappa shape index (κ2) is 6.25. The minimum Gasteiger partial charge on any atom is -0.369 e. The Morgan fingerprint density at radius 2 is 1.95 bits per heavy atom. The van der Waals surface area contributed by atoms with Crippen LogP contribution in [-0.2, 0) is 6.54 Å². The lowest BCUT2D eigenvalue weighted by Crippen LogP contribution is -2.18. The molecule has 0 saturated carbocycles. The molecule has 20 heavy (non-hydrogen) atoms. The number of hydrogen-bond donors (Lipinski definition) is 1. The zero-order chi connectivity index (χ0) is 14.7. The third-order valence-electron chi connectivity index (χ3n) is 3.27. The summed E-state index contributed by atoms with van der Waals surface area (Å²) in [6.07, 6.45) is 0. The molecule has 0 aromatic heterocycles. The first-order chi connectivity index (χ1) is 9.49. The van der Waals surface area contributed by atoms with E-state index >= 15 is 0 Å². The molecule has 0 aliphatic heterocycles. The SMILES string of the molecule is C[C@H](N)c1ccc(N(C)Cc2ccccc2F)c(Cl)c1. The van der Waals surface area contributed by atoms with Gasteiger partial charge in [-0.25, -0.2) is 4.39 Å². The lowest BCUT2D eigenvalue weighted by atomic mass is 10.1. The molecule has 2 aromatic carbocycles. The molecule has 0 heterocycles. The zero-order valence-corrected chi connectivity index (χ0v) is 12.4. The number of halogens is 2. The smallest absolute Gasteiger partial charge is 0.128 e. The van der Waals surface area contributed by atoms with E-state index in [4.69, 9.17) is 17.3 Å². The standard InChI is InChI=1S/C16H18ClFN2/c1-11(19)12-7-8-16(14(17)9-12)20(2)10-13-5-3-4-6-15(13)18/h3-9,11H,10,19H2,1-2H3/t11-/m0/s1. The second-order valence-electron chi connectivity index (χ2n) is 4.95. The first-order valence-electron chi connectivity index (χ1n) is 6.48. The van der Waals surface area contributed by atoms with Crippen molar-refractivity contribution in [3.05, 3.63) is 64.4 Å². The van der Waals surface area contributed by atoms with Gasteiger partial charge >= 0.3 is 0 Å². The molecule has 2 rings (SSSR count). The highest BCUT2D eigenvalue weighted by Crippen LogP contribution is 2.29. The fourth-order valence-electron chi connectivity index (χ4n) is 2.08. The van der Waals surface area contributed by atoms with Gasteiger partial charge in [-0.15, -0.1) is 0 Å². The van der Waals surface area contributed by atoms with Gasteiger partial charge in [0.05, 0.1) is 10.7 Å². The summed E-state index contributed by atoms with van der Waals surface area (Å²) in [6.45, 7) is 2.37. The molecule has 0 saturated heterocycles.